The molecule has 0 fully saturated rings. The van der Waals surface area contributed by atoms with Gasteiger partial charge in [0.15, 0.2) is 11.8 Å². The molecule has 0 saturated heterocycles. The molecule has 7 heteroatoms. The molecule has 0 N–H and O–H groups in total. The highest BCUT2D eigenvalue weighted by Gasteiger charge is 2.32. The van der Waals surface area contributed by atoms with Crippen LogP contribution in [0.2, 0.25) is 0 Å². The van der Waals surface area contributed by atoms with E-state index < -0.39 is 11.8 Å². The second kappa shape index (κ2) is 6.17. The molecule has 0 aliphatic carbocycles. The molecule has 1 atom stereocenters. The van der Waals surface area contributed by atoms with Crippen LogP contribution < -0.4 is 0 Å². The summed E-state index contributed by atoms with van der Waals surface area (Å²) in [7, 11) is 1.90. The molecule has 0 bridgehead atoms. The maximum absolute atomic E-state index is 13.9. The lowest BCUT2D eigenvalue weighted by Crippen LogP contribution is -2.36. The maximum atomic E-state index is 13.9. The van der Waals surface area contributed by atoms with E-state index in [1.807, 2.05) is 18.5 Å². The first kappa shape index (κ1) is 14.9. The van der Waals surface area contributed by atoms with Crippen LogP contribution in [0, 0.1) is 6.92 Å². The lowest BCUT2D eigenvalue weighted by Gasteiger charge is -2.25. The minimum absolute atomic E-state index is 0.314. The van der Waals surface area contributed by atoms with Gasteiger partial charge < -0.3 is 9.40 Å². The Hall–Kier alpha value is -1.11. The number of rotatable bonds is 7. The summed E-state index contributed by atoms with van der Waals surface area (Å²) in [6, 6.07) is 0. The second-order valence-electron chi connectivity index (χ2n) is 4.53. The number of nitrogens with zero attached hydrogens (tertiary/aromatic N) is 4. The first-order valence-electron chi connectivity index (χ1n) is 5.59. The lowest BCUT2D eigenvalue weighted by molar-refractivity contribution is -0.0605. The van der Waals surface area contributed by atoms with E-state index in [0.717, 1.165) is 11.6 Å². The molecule has 0 radical (unpaired) electrons. The number of halogens is 1. The monoisotopic (exact) mass is 274 g/mol. The zero-order chi connectivity index (χ0) is 13.8. The number of aromatic nitrogens is 3. The van der Waals surface area contributed by atoms with Crippen molar-refractivity contribution in [3.8, 4) is 0 Å². The SMILES string of the molecule is C=NOC(C)(C)C(F)CSCc1nnc(C)n1C. The highest BCUT2D eigenvalue weighted by molar-refractivity contribution is 7.98. The van der Waals surface area contributed by atoms with E-state index in [1.165, 1.54) is 11.8 Å². The number of aryl methyl sites for hydroxylation is 1. The molecular weight excluding hydrogens is 255 g/mol. The van der Waals surface area contributed by atoms with Gasteiger partial charge in [0.1, 0.15) is 11.6 Å². The molecule has 1 aromatic heterocycles. The molecule has 0 aliphatic rings. The van der Waals surface area contributed by atoms with E-state index in [9.17, 15) is 4.39 Å². The van der Waals surface area contributed by atoms with Crippen LogP contribution in [0.25, 0.3) is 0 Å². The van der Waals surface area contributed by atoms with Crippen LogP contribution in [-0.2, 0) is 17.6 Å². The summed E-state index contributed by atoms with van der Waals surface area (Å²) < 4.78 is 15.8. The van der Waals surface area contributed by atoms with Crippen molar-refractivity contribution >= 4 is 18.5 Å². The molecular formula is C11H19FN4OS. The van der Waals surface area contributed by atoms with E-state index in [2.05, 4.69) is 22.1 Å². The van der Waals surface area contributed by atoms with E-state index in [0.29, 0.717) is 11.5 Å². The third kappa shape index (κ3) is 3.69. The minimum Gasteiger partial charge on any atom is -0.387 e. The van der Waals surface area contributed by atoms with Gasteiger partial charge in [-0.1, -0.05) is 0 Å². The normalized spacial score (nSPS) is 13.4. The molecule has 0 aromatic carbocycles. The topological polar surface area (TPSA) is 52.3 Å². The molecule has 1 unspecified atom stereocenters. The van der Waals surface area contributed by atoms with Crippen molar-refractivity contribution in [3.05, 3.63) is 11.6 Å². The number of thioether (sulfide) groups is 1. The molecule has 1 heterocycles. The molecule has 0 saturated carbocycles. The Kier molecular flexibility index (Phi) is 5.13. The highest BCUT2D eigenvalue weighted by Crippen LogP contribution is 2.23. The smallest absolute Gasteiger partial charge is 0.163 e. The fourth-order valence-corrected chi connectivity index (χ4v) is 2.41. The predicted octanol–water partition coefficient (Wildman–Crippen LogP) is 2.11. The van der Waals surface area contributed by atoms with Gasteiger partial charge in [0.2, 0.25) is 0 Å². The van der Waals surface area contributed by atoms with Gasteiger partial charge in [-0.3, -0.25) is 0 Å². The van der Waals surface area contributed by atoms with E-state index in [4.69, 9.17) is 4.84 Å². The van der Waals surface area contributed by atoms with Gasteiger partial charge in [-0.05, 0) is 20.8 Å². The first-order valence-corrected chi connectivity index (χ1v) is 6.75. The van der Waals surface area contributed by atoms with Crippen molar-refractivity contribution in [2.75, 3.05) is 5.75 Å². The third-order valence-corrected chi connectivity index (χ3v) is 3.72. The van der Waals surface area contributed by atoms with E-state index in [1.54, 1.807) is 13.8 Å². The second-order valence-corrected chi connectivity index (χ2v) is 5.56. The van der Waals surface area contributed by atoms with Crippen LogP contribution in [0.5, 0.6) is 0 Å². The van der Waals surface area contributed by atoms with Crippen LogP contribution in [-0.4, -0.2) is 39.0 Å². The zero-order valence-corrected chi connectivity index (χ0v) is 12.0. The molecule has 18 heavy (non-hydrogen) atoms. The van der Waals surface area contributed by atoms with Gasteiger partial charge in [0.05, 0.1) is 5.75 Å². The third-order valence-electron chi connectivity index (χ3n) is 2.73. The molecule has 1 rings (SSSR count). The van der Waals surface area contributed by atoms with Crippen molar-refractivity contribution in [1.29, 1.82) is 0 Å². The summed E-state index contributed by atoms with van der Waals surface area (Å²) in [5.41, 5.74) is -0.954. The molecule has 0 spiro atoms. The Morgan fingerprint density at radius 1 is 1.56 bits per heavy atom. The van der Waals surface area contributed by atoms with Crippen LogP contribution in [0.3, 0.4) is 0 Å². The lowest BCUT2D eigenvalue weighted by atomic mass is 10.1. The standard InChI is InChI=1S/C11H19FN4OS/c1-8-14-15-10(16(8)5)7-18-6-9(12)11(2,3)17-13-4/h9H,4,6-7H2,1-3,5H3. The van der Waals surface area contributed by atoms with Crippen molar-refractivity contribution < 1.29 is 9.23 Å². The largest absolute Gasteiger partial charge is 0.387 e. The fraction of sp³-hybridized carbons (Fsp3) is 0.727. The van der Waals surface area contributed by atoms with Gasteiger partial charge in [0, 0.05) is 19.5 Å². The summed E-state index contributed by atoms with van der Waals surface area (Å²) in [6.07, 6.45) is -1.12. The van der Waals surface area contributed by atoms with E-state index in [-0.39, 0.29) is 0 Å². The average molecular weight is 274 g/mol. The Morgan fingerprint density at radius 3 is 2.72 bits per heavy atom. The quantitative estimate of drug-likeness (QED) is 0.564. The summed E-state index contributed by atoms with van der Waals surface area (Å²) in [5.74, 6) is 2.62. The van der Waals surface area contributed by atoms with Crippen LogP contribution >= 0.6 is 11.8 Å². The average Bonchev–Trinajstić information content (AvgIpc) is 2.60. The van der Waals surface area contributed by atoms with Crippen molar-refractivity contribution in [1.82, 2.24) is 14.8 Å². The summed E-state index contributed by atoms with van der Waals surface area (Å²) in [4.78, 5) is 4.91. The van der Waals surface area contributed by atoms with Crippen LogP contribution in [0.1, 0.15) is 25.5 Å². The Morgan fingerprint density at radius 2 is 2.22 bits per heavy atom. The molecule has 0 aliphatic heterocycles. The van der Waals surface area contributed by atoms with Gasteiger partial charge >= 0.3 is 0 Å². The predicted molar refractivity (Wildman–Crippen MR) is 71.5 cm³/mol. The van der Waals surface area contributed by atoms with Gasteiger partial charge in [0.25, 0.3) is 0 Å². The zero-order valence-electron chi connectivity index (χ0n) is 11.2. The van der Waals surface area contributed by atoms with Crippen LogP contribution in [0.4, 0.5) is 4.39 Å². The summed E-state index contributed by atoms with van der Waals surface area (Å²) in [6.45, 7) is 8.39. The van der Waals surface area contributed by atoms with E-state index >= 15 is 0 Å². The van der Waals surface area contributed by atoms with Crippen LogP contribution in [0.15, 0.2) is 5.16 Å². The molecule has 0 amide bonds. The number of hydrogen-bond acceptors (Lipinski definition) is 5. The molecule has 1 aromatic rings. The Labute approximate surface area is 111 Å². The maximum Gasteiger partial charge on any atom is 0.163 e. The van der Waals surface area contributed by atoms with Crippen molar-refractivity contribution in [3.63, 3.8) is 0 Å². The number of alkyl halides is 1. The minimum atomic E-state index is -1.12. The van der Waals surface area contributed by atoms with Crippen molar-refractivity contribution in [2.24, 2.45) is 12.2 Å². The summed E-state index contributed by atoms with van der Waals surface area (Å²) in [5, 5.41) is 11.3. The Bertz CT molecular complexity index is 408. The number of hydrogen-bond donors (Lipinski definition) is 0. The summed E-state index contributed by atoms with van der Waals surface area (Å²) >= 11 is 1.45. The molecule has 102 valence electrons. The number of oxime groups is 1. The van der Waals surface area contributed by atoms with Crippen molar-refractivity contribution in [2.45, 2.75) is 38.3 Å². The Balaban J connectivity index is 2.42. The molecule has 5 nitrogen and oxygen atoms in total. The van der Waals surface area contributed by atoms with Gasteiger partial charge in [-0.2, -0.15) is 11.8 Å². The van der Waals surface area contributed by atoms with Gasteiger partial charge in [-0.15, -0.1) is 15.4 Å². The van der Waals surface area contributed by atoms with Gasteiger partial charge in [-0.25, -0.2) is 4.39 Å². The fourth-order valence-electron chi connectivity index (χ4n) is 1.25. The first-order chi connectivity index (χ1) is 8.38. The highest BCUT2D eigenvalue weighted by atomic mass is 32.2.